The molecule has 0 nitrogen and oxygen atoms in total. The van der Waals surface area contributed by atoms with E-state index in [0.717, 1.165) is 12.3 Å². The fourth-order valence-corrected chi connectivity index (χ4v) is 2.55. The van der Waals surface area contributed by atoms with E-state index in [1.807, 2.05) is 0 Å². The van der Waals surface area contributed by atoms with E-state index in [1.165, 1.54) is 36.8 Å². The van der Waals surface area contributed by atoms with Crippen LogP contribution < -0.4 is 0 Å². The standard InChI is InChI=1S/C16H25Cl/c1-13(2)9-5-4-6-12-16(17)15-11-8-7-10-14(15)3/h7-8,10-11,13,16H,4-6,9,12H2,1-3H3. The maximum absolute atomic E-state index is 6.45. The minimum atomic E-state index is 0.190. The molecule has 1 heteroatoms. The summed E-state index contributed by atoms with van der Waals surface area (Å²) in [6, 6.07) is 8.45. The van der Waals surface area contributed by atoms with Crippen molar-refractivity contribution in [1.82, 2.24) is 0 Å². The van der Waals surface area contributed by atoms with Gasteiger partial charge in [0.15, 0.2) is 0 Å². The maximum atomic E-state index is 6.45. The molecule has 0 saturated carbocycles. The lowest BCUT2D eigenvalue weighted by molar-refractivity contribution is 0.518. The van der Waals surface area contributed by atoms with E-state index in [1.54, 1.807) is 0 Å². The van der Waals surface area contributed by atoms with E-state index in [4.69, 9.17) is 11.6 Å². The number of rotatable bonds is 7. The number of hydrogen-bond acceptors (Lipinski definition) is 0. The van der Waals surface area contributed by atoms with Crippen molar-refractivity contribution in [1.29, 1.82) is 0 Å². The second kappa shape index (κ2) is 7.76. The molecule has 17 heavy (non-hydrogen) atoms. The minimum Gasteiger partial charge on any atom is -0.118 e. The summed E-state index contributed by atoms with van der Waals surface area (Å²) >= 11 is 6.45. The molecule has 1 atom stereocenters. The van der Waals surface area contributed by atoms with Gasteiger partial charge in [0.25, 0.3) is 0 Å². The van der Waals surface area contributed by atoms with Crippen LogP contribution in [0.1, 0.15) is 62.5 Å². The first-order valence-electron chi connectivity index (χ1n) is 6.81. The van der Waals surface area contributed by atoms with Crippen LogP contribution in [-0.2, 0) is 0 Å². The average Bonchev–Trinajstić information content (AvgIpc) is 2.28. The highest BCUT2D eigenvalue weighted by Crippen LogP contribution is 2.29. The van der Waals surface area contributed by atoms with Crippen molar-refractivity contribution in [2.24, 2.45) is 5.92 Å². The summed E-state index contributed by atoms with van der Waals surface area (Å²) in [5, 5.41) is 0.190. The Balaban J connectivity index is 2.26. The third-order valence-electron chi connectivity index (χ3n) is 3.26. The van der Waals surface area contributed by atoms with Gasteiger partial charge in [0.05, 0.1) is 5.38 Å². The topological polar surface area (TPSA) is 0 Å². The number of hydrogen-bond donors (Lipinski definition) is 0. The SMILES string of the molecule is Cc1ccccc1C(Cl)CCCCCC(C)C. The van der Waals surface area contributed by atoms with Crippen LogP contribution in [0.25, 0.3) is 0 Å². The molecule has 0 bridgehead atoms. The molecular weight excluding hydrogens is 228 g/mol. The summed E-state index contributed by atoms with van der Waals surface area (Å²) in [5.74, 6) is 0.832. The maximum Gasteiger partial charge on any atom is 0.0587 e. The monoisotopic (exact) mass is 252 g/mol. The Morgan fingerprint density at radius 3 is 2.29 bits per heavy atom. The Labute approximate surface area is 111 Å². The van der Waals surface area contributed by atoms with Gasteiger partial charge in [-0.3, -0.25) is 0 Å². The van der Waals surface area contributed by atoms with Gasteiger partial charge in [-0.25, -0.2) is 0 Å². The van der Waals surface area contributed by atoms with E-state index in [0.29, 0.717) is 0 Å². The zero-order valence-corrected chi connectivity index (χ0v) is 12.1. The Morgan fingerprint density at radius 2 is 1.65 bits per heavy atom. The second-order valence-corrected chi connectivity index (χ2v) is 5.88. The summed E-state index contributed by atoms with van der Waals surface area (Å²) in [4.78, 5) is 0. The van der Waals surface area contributed by atoms with Gasteiger partial charge in [-0.1, -0.05) is 63.8 Å². The molecule has 1 rings (SSSR count). The van der Waals surface area contributed by atoms with Gasteiger partial charge < -0.3 is 0 Å². The minimum absolute atomic E-state index is 0.190. The Hall–Kier alpha value is -0.490. The summed E-state index contributed by atoms with van der Waals surface area (Å²) in [6.45, 7) is 6.72. The molecule has 0 saturated heterocycles. The van der Waals surface area contributed by atoms with Gasteiger partial charge in [0.2, 0.25) is 0 Å². The molecule has 1 aromatic carbocycles. The molecule has 0 radical (unpaired) electrons. The molecule has 0 N–H and O–H groups in total. The molecule has 0 amide bonds. The quantitative estimate of drug-likeness (QED) is 0.420. The largest absolute Gasteiger partial charge is 0.118 e. The summed E-state index contributed by atoms with van der Waals surface area (Å²) < 4.78 is 0. The van der Waals surface area contributed by atoms with Gasteiger partial charge in [0, 0.05) is 0 Å². The first-order valence-corrected chi connectivity index (χ1v) is 7.24. The second-order valence-electron chi connectivity index (χ2n) is 5.36. The molecule has 1 aromatic rings. The van der Waals surface area contributed by atoms with E-state index in [-0.39, 0.29) is 5.38 Å². The molecule has 0 fully saturated rings. The summed E-state index contributed by atoms with van der Waals surface area (Å²) in [7, 11) is 0. The highest BCUT2D eigenvalue weighted by Gasteiger charge is 2.09. The van der Waals surface area contributed by atoms with Crippen LogP contribution in [0.4, 0.5) is 0 Å². The molecule has 1 unspecified atom stereocenters. The van der Waals surface area contributed by atoms with Crippen molar-refractivity contribution in [2.45, 2.75) is 58.3 Å². The molecule has 0 spiro atoms. The van der Waals surface area contributed by atoms with Crippen LogP contribution in [0.5, 0.6) is 0 Å². The lowest BCUT2D eigenvalue weighted by atomic mass is 9.99. The molecule has 0 aromatic heterocycles. The molecule has 0 aliphatic rings. The van der Waals surface area contributed by atoms with E-state index in [2.05, 4.69) is 45.0 Å². The number of alkyl halides is 1. The molecule has 0 aliphatic heterocycles. The van der Waals surface area contributed by atoms with Crippen molar-refractivity contribution in [3.63, 3.8) is 0 Å². The normalized spacial score (nSPS) is 13.0. The summed E-state index contributed by atoms with van der Waals surface area (Å²) in [5.41, 5.74) is 2.62. The van der Waals surface area contributed by atoms with Gasteiger partial charge in [0.1, 0.15) is 0 Å². The van der Waals surface area contributed by atoms with Crippen LogP contribution in [0.15, 0.2) is 24.3 Å². The third-order valence-corrected chi connectivity index (χ3v) is 3.72. The Bertz CT molecular complexity index is 317. The number of aryl methyl sites for hydroxylation is 1. The number of halogens is 1. The van der Waals surface area contributed by atoms with Gasteiger partial charge in [-0.2, -0.15) is 0 Å². The van der Waals surface area contributed by atoms with Crippen LogP contribution in [0, 0.1) is 12.8 Å². The lowest BCUT2D eigenvalue weighted by Gasteiger charge is -2.12. The molecule has 0 aliphatic carbocycles. The lowest BCUT2D eigenvalue weighted by Crippen LogP contribution is -1.94. The van der Waals surface area contributed by atoms with Crippen molar-refractivity contribution < 1.29 is 0 Å². The highest BCUT2D eigenvalue weighted by molar-refractivity contribution is 6.20. The smallest absolute Gasteiger partial charge is 0.0587 e. The fraction of sp³-hybridized carbons (Fsp3) is 0.625. The van der Waals surface area contributed by atoms with Crippen LogP contribution in [-0.4, -0.2) is 0 Å². The average molecular weight is 253 g/mol. The molecule has 0 heterocycles. The zero-order chi connectivity index (χ0) is 12.7. The van der Waals surface area contributed by atoms with Crippen LogP contribution in [0.2, 0.25) is 0 Å². The Morgan fingerprint density at radius 1 is 1.00 bits per heavy atom. The highest BCUT2D eigenvalue weighted by atomic mass is 35.5. The van der Waals surface area contributed by atoms with Crippen molar-refractivity contribution in [3.05, 3.63) is 35.4 Å². The molecular formula is C16H25Cl. The fourth-order valence-electron chi connectivity index (χ4n) is 2.15. The predicted octanol–water partition coefficient (Wildman–Crippen LogP) is 5.88. The third kappa shape index (κ3) is 5.59. The van der Waals surface area contributed by atoms with Gasteiger partial charge in [-0.05, 0) is 30.4 Å². The number of benzene rings is 1. The van der Waals surface area contributed by atoms with Gasteiger partial charge >= 0.3 is 0 Å². The van der Waals surface area contributed by atoms with Crippen LogP contribution in [0.3, 0.4) is 0 Å². The first-order chi connectivity index (χ1) is 8.11. The van der Waals surface area contributed by atoms with Gasteiger partial charge in [-0.15, -0.1) is 11.6 Å². The van der Waals surface area contributed by atoms with E-state index in [9.17, 15) is 0 Å². The predicted molar refractivity (Wildman–Crippen MR) is 77.7 cm³/mol. The molecule has 96 valence electrons. The van der Waals surface area contributed by atoms with Crippen molar-refractivity contribution >= 4 is 11.6 Å². The first kappa shape index (κ1) is 14.6. The Kier molecular flexibility index (Phi) is 6.65. The van der Waals surface area contributed by atoms with Crippen molar-refractivity contribution in [3.8, 4) is 0 Å². The van der Waals surface area contributed by atoms with Crippen molar-refractivity contribution in [2.75, 3.05) is 0 Å². The summed E-state index contributed by atoms with van der Waals surface area (Å²) in [6.07, 6.45) is 6.35. The van der Waals surface area contributed by atoms with E-state index < -0.39 is 0 Å². The van der Waals surface area contributed by atoms with Crippen LogP contribution >= 0.6 is 11.6 Å². The zero-order valence-electron chi connectivity index (χ0n) is 11.4. The van der Waals surface area contributed by atoms with E-state index >= 15 is 0 Å². The number of unbranched alkanes of at least 4 members (excludes halogenated alkanes) is 2.